The number of hydrogen-bond acceptors (Lipinski definition) is 4. The van der Waals surface area contributed by atoms with Crippen LogP contribution in [0.2, 0.25) is 0 Å². The molecule has 0 atom stereocenters. The van der Waals surface area contributed by atoms with Gasteiger partial charge < -0.3 is 4.74 Å². The highest BCUT2D eigenvalue weighted by Gasteiger charge is 2.06. The minimum atomic E-state index is 0.667. The van der Waals surface area contributed by atoms with E-state index in [1.54, 1.807) is 18.4 Å². The maximum atomic E-state index is 5.06. The third kappa shape index (κ3) is 2.79. The highest BCUT2D eigenvalue weighted by molar-refractivity contribution is 7.13. The third-order valence-corrected chi connectivity index (χ3v) is 3.82. The molecule has 0 saturated heterocycles. The van der Waals surface area contributed by atoms with Gasteiger partial charge in [-0.1, -0.05) is 18.2 Å². The molecule has 20 heavy (non-hydrogen) atoms. The van der Waals surface area contributed by atoms with Crippen LogP contribution in [0.15, 0.2) is 48.1 Å². The zero-order chi connectivity index (χ0) is 13.8. The molecule has 2 heterocycles. The van der Waals surface area contributed by atoms with E-state index < -0.39 is 0 Å². The molecular formula is C15H15N3OS. The summed E-state index contributed by atoms with van der Waals surface area (Å²) in [6.45, 7) is 1.43. The van der Waals surface area contributed by atoms with E-state index in [4.69, 9.17) is 4.74 Å². The second-order valence-electron chi connectivity index (χ2n) is 4.37. The van der Waals surface area contributed by atoms with Gasteiger partial charge in [0.05, 0.1) is 18.8 Å². The van der Waals surface area contributed by atoms with Crippen molar-refractivity contribution in [1.29, 1.82) is 0 Å². The molecule has 0 aliphatic rings. The largest absolute Gasteiger partial charge is 0.383 e. The summed E-state index contributed by atoms with van der Waals surface area (Å²) in [5.41, 5.74) is 3.21. The van der Waals surface area contributed by atoms with Gasteiger partial charge in [-0.2, -0.15) is 5.10 Å². The van der Waals surface area contributed by atoms with Crippen LogP contribution in [0.25, 0.3) is 21.8 Å². The molecule has 0 fully saturated rings. The second kappa shape index (κ2) is 5.98. The Morgan fingerprint density at radius 3 is 2.95 bits per heavy atom. The summed E-state index contributed by atoms with van der Waals surface area (Å²) in [4.78, 5) is 4.34. The normalized spacial score (nSPS) is 10.8. The predicted octanol–water partition coefficient (Wildman–Crippen LogP) is 3.32. The highest BCUT2D eigenvalue weighted by atomic mass is 32.1. The predicted molar refractivity (Wildman–Crippen MR) is 80.6 cm³/mol. The average Bonchev–Trinajstić information content (AvgIpc) is 3.17. The Morgan fingerprint density at radius 1 is 1.25 bits per heavy atom. The van der Waals surface area contributed by atoms with Gasteiger partial charge in [0.1, 0.15) is 5.01 Å². The van der Waals surface area contributed by atoms with Gasteiger partial charge in [-0.25, -0.2) is 4.98 Å². The fourth-order valence-corrected chi connectivity index (χ4v) is 2.64. The number of methoxy groups -OCH3 is 1. The molecule has 0 radical (unpaired) electrons. The van der Waals surface area contributed by atoms with Gasteiger partial charge in [0, 0.05) is 36.0 Å². The molecule has 4 nitrogen and oxygen atoms in total. The smallest absolute Gasteiger partial charge is 0.123 e. The van der Waals surface area contributed by atoms with Gasteiger partial charge in [-0.3, -0.25) is 4.68 Å². The van der Waals surface area contributed by atoms with Crippen molar-refractivity contribution in [2.75, 3.05) is 13.7 Å². The molecule has 0 bridgehead atoms. The van der Waals surface area contributed by atoms with E-state index in [0.717, 1.165) is 28.4 Å². The van der Waals surface area contributed by atoms with Crippen LogP contribution in [0.3, 0.4) is 0 Å². The van der Waals surface area contributed by atoms with Crippen LogP contribution in [0.4, 0.5) is 0 Å². The topological polar surface area (TPSA) is 39.9 Å². The molecule has 0 aliphatic heterocycles. The lowest BCUT2D eigenvalue weighted by Crippen LogP contribution is -2.04. The standard InChI is InChI=1S/C15H15N3OS/c1-19-9-8-18-7-5-14(17-18)12-3-2-4-13(11-12)15-16-6-10-20-15/h2-7,10-11H,8-9H2,1H3. The van der Waals surface area contributed by atoms with E-state index in [9.17, 15) is 0 Å². The molecule has 0 aliphatic carbocycles. The van der Waals surface area contributed by atoms with E-state index >= 15 is 0 Å². The highest BCUT2D eigenvalue weighted by Crippen LogP contribution is 2.26. The Hall–Kier alpha value is -1.98. The van der Waals surface area contributed by atoms with Crippen LogP contribution >= 0.6 is 11.3 Å². The van der Waals surface area contributed by atoms with Crippen molar-refractivity contribution in [3.05, 3.63) is 48.1 Å². The average molecular weight is 285 g/mol. The Bertz CT molecular complexity index is 676. The van der Waals surface area contributed by atoms with E-state index in [1.807, 2.05) is 34.6 Å². The van der Waals surface area contributed by atoms with Gasteiger partial charge in [0.2, 0.25) is 0 Å². The summed E-state index contributed by atoms with van der Waals surface area (Å²) >= 11 is 1.64. The molecule has 0 unspecified atom stereocenters. The first kappa shape index (κ1) is 13.0. The third-order valence-electron chi connectivity index (χ3n) is 3.00. The summed E-state index contributed by atoms with van der Waals surface area (Å²) < 4.78 is 6.96. The number of thiazole rings is 1. The van der Waals surface area contributed by atoms with E-state index in [-0.39, 0.29) is 0 Å². The van der Waals surface area contributed by atoms with Gasteiger partial charge in [0.15, 0.2) is 0 Å². The minimum Gasteiger partial charge on any atom is -0.383 e. The van der Waals surface area contributed by atoms with Crippen molar-refractivity contribution in [3.8, 4) is 21.8 Å². The number of ether oxygens (including phenoxy) is 1. The number of nitrogens with zero attached hydrogens (tertiary/aromatic N) is 3. The van der Waals surface area contributed by atoms with E-state index in [2.05, 4.69) is 28.3 Å². The number of hydrogen-bond donors (Lipinski definition) is 0. The lowest BCUT2D eigenvalue weighted by atomic mass is 10.1. The lowest BCUT2D eigenvalue weighted by Gasteiger charge is -2.01. The van der Waals surface area contributed by atoms with Crippen molar-refractivity contribution in [2.45, 2.75) is 6.54 Å². The minimum absolute atomic E-state index is 0.667. The van der Waals surface area contributed by atoms with E-state index in [0.29, 0.717) is 6.61 Å². The molecule has 2 aromatic heterocycles. The second-order valence-corrected chi connectivity index (χ2v) is 5.27. The Labute approximate surface area is 121 Å². The fourth-order valence-electron chi connectivity index (χ4n) is 2.00. The maximum absolute atomic E-state index is 5.06. The summed E-state index contributed by atoms with van der Waals surface area (Å²) in [6.07, 6.45) is 3.80. The molecule has 0 saturated carbocycles. The van der Waals surface area contributed by atoms with Crippen LogP contribution in [0.5, 0.6) is 0 Å². The molecular weight excluding hydrogens is 270 g/mol. The molecule has 102 valence electrons. The Balaban J connectivity index is 1.87. The molecule has 3 aromatic rings. The van der Waals surface area contributed by atoms with Crippen molar-refractivity contribution < 1.29 is 4.74 Å². The van der Waals surface area contributed by atoms with Gasteiger partial charge in [0.25, 0.3) is 0 Å². The summed E-state index contributed by atoms with van der Waals surface area (Å²) in [7, 11) is 1.70. The first-order chi connectivity index (χ1) is 9.86. The SMILES string of the molecule is COCCn1ccc(-c2cccc(-c3nccs3)c2)n1. The zero-order valence-electron chi connectivity index (χ0n) is 11.2. The van der Waals surface area contributed by atoms with Crippen LogP contribution in [-0.2, 0) is 11.3 Å². The fraction of sp³-hybridized carbons (Fsp3) is 0.200. The van der Waals surface area contributed by atoms with Crippen molar-refractivity contribution in [3.63, 3.8) is 0 Å². The molecule has 0 spiro atoms. The van der Waals surface area contributed by atoms with Crippen molar-refractivity contribution in [1.82, 2.24) is 14.8 Å². The van der Waals surface area contributed by atoms with Crippen molar-refractivity contribution in [2.24, 2.45) is 0 Å². The van der Waals surface area contributed by atoms with Crippen molar-refractivity contribution >= 4 is 11.3 Å². The first-order valence-corrected chi connectivity index (χ1v) is 7.27. The maximum Gasteiger partial charge on any atom is 0.123 e. The van der Waals surface area contributed by atoms with Crippen LogP contribution in [0, 0.1) is 0 Å². The van der Waals surface area contributed by atoms with Crippen LogP contribution in [0.1, 0.15) is 0 Å². The van der Waals surface area contributed by atoms with Crippen LogP contribution < -0.4 is 0 Å². The Morgan fingerprint density at radius 2 is 2.15 bits per heavy atom. The van der Waals surface area contributed by atoms with E-state index in [1.165, 1.54) is 0 Å². The molecule has 0 amide bonds. The Kier molecular flexibility index (Phi) is 3.90. The number of aromatic nitrogens is 3. The monoisotopic (exact) mass is 285 g/mol. The lowest BCUT2D eigenvalue weighted by molar-refractivity contribution is 0.183. The van der Waals surface area contributed by atoms with Crippen LogP contribution in [-0.4, -0.2) is 28.5 Å². The molecule has 3 rings (SSSR count). The summed E-state index contributed by atoms with van der Waals surface area (Å²) in [6, 6.07) is 10.3. The van der Waals surface area contributed by atoms with Gasteiger partial charge >= 0.3 is 0 Å². The molecule has 5 heteroatoms. The zero-order valence-corrected chi connectivity index (χ0v) is 12.0. The van der Waals surface area contributed by atoms with Gasteiger partial charge in [-0.15, -0.1) is 11.3 Å². The molecule has 0 N–H and O–H groups in total. The summed E-state index contributed by atoms with van der Waals surface area (Å²) in [5, 5.41) is 7.58. The number of rotatable bonds is 5. The molecule has 1 aromatic carbocycles. The number of benzene rings is 1. The first-order valence-electron chi connectivity index (χ1n) is 6.39. The van der Waals surface area contributed by atoms with Gasteiger partial charge in [-0.05, 0) is 12.1 Å². The summed E-state index contributed by atoms with van der Waals surface area (Å²) in [5.74, 6) is 0. The quantitative estimate of drug-likeness (QED) is 0.722.